The molecule has 11 heteroatoms. The van der Waals surface area contributed by atoms with Crippen LogP contribution in [0.4, 0.5) is 11.6 Å². The van der Waals surface area contributed by atoms with E-state index in [1.807, 2.05) is 6.07 Å². The summed E-state index contributed by atoms with van der Waals surface area (Å²) in [7, 11) is 0. The number of rotatable bonds is 11. The molecule has 1 amide bonds. The minimum atomic E-state index is -1.29. The lowest BCUT2D eigenvalue weighted by atomic mass is 10.1. The van der Waals surface area contributed by atoms with E-state index in [2.05, 4.69) is 20.2 Å². The summed E-state index contributed by atoms with van der Waals surface area (Å²) in [5, 5.41) is 20.9. The number of carbonyl (C=O) groups excluding carboxylic acids is 1. The van der Waals surface area contributed by atoms with Crippen LogP contribution in [0.3, 0.4) is 0 Å². The van der Waals surface area contributed by atoms with Crippen molar-refractivity contribution in [3.63, 3.8) is 0 Å². The van der Waals surface area contributed by atoms with Crippen LogP contribution in [-0.2, 0) is 16.1 Å². The fourth-order valence-corrected chi connectivity index (χ4v) is 3.99. The molecule has 0 aliphatic heterocycles. The smallest absolute Gasteiger partial charge is 0.326 e. The van der Waals surface area contributed by atoms with Gasteiger partial charge in [-0.05, 0) is 67.1 Å². The van der Waals surface area contributed by atoms with Gasteiger partial charge in [0.05, 0.1) is 10.9 Å². The Morgan fingerprint density at radius 3 is 2.50 bits per heavy atom. The maximum atomic E-state index is 12.6. The largest absolute Gasteiger partial charge is 0.481 e. The summed E-state index contributed by atoms with van der Waals surface area (Å²) in [6.07, 6.45) is 1.71. The van der Waals surface area contributed by atoms with E-state index >= 15 is 0 Å². The van der Waals surface area contributed by atoms with Crippen molar-refractivity contribution in [2.24, 2.45) is 5.92 Å². The van der Waals surface area contributed by atoms with E-state index in [0.717, 1.165) is 30.6 Å². The van der Waals surface area contributed by atoms with Gasteiger partial charge in [0, 0.05) is 30.8 Å². The molecule has 4 rings (SSSR count). The normalized spacial score (nSPS) is 13.8. The van der Waals surface area contributed by atoms with E-state index in [4.69, 9.17) is 10.8 Å². The number of nitrogens with two attached hydrogens (primary N) is 1. The SMILES string of the molecule is Nc1nc2ccc(CN(CC3CC3)c3ccc(C(=O)N[C@@H](CCC(=O)O)C(=O)O)cc3)cc2c(=O)[nH]1. The minimum Gasteiger partial charge on any atom is -0.481 e. The molecule has 6 N–H and O–H groups in total. The van der Waals surface area contributed by atoms with E-state index in [1.165, 1.54) is 0 Å². The van der Waals surface area contributed by atoms with Crippen LogP contribution in [-0.4, -0.2) is 50.6 Å². The van der Waals surface area contributed by atoms with Gasteiger partial charge in [-0.25, -0.2) is 9.78 Å². The van der Waals surface area contributed by atoms with E-state index in [0.29, 0.717) is 23.4 Å². The van der Waals surface area contributed by atoms with Crippen LogP contribution in [0.15, 0.2) is 47.3 Å². The first-order valence-corrected chi connectivity index (χ1v) is 11.6. The number of amides is 1. The number of carboxylic acid groups (broad SMARTS) is 2. The summed E-state index contributed by atoms with van der Waals surface area (Å²) in [4.78, 5) is 55.8. The number of nitrogen functional groups attached to an aromatic ring is 1. The molecule has 1 aromatic heterocycles. The fraction of sp³-hybridized carbons (Fsp3) is 0.320. The van der Waals surface area contributed by atoms with Crippen LogP contribution in [0.1, 0.15) is 41.6 Å². The van der Waals surface area contributed by atoms with Gasteiger partial charge in [0.1, 0.15) is 6.04 Å². The molecule has 0 saturated heterocycles. The van der Waals surface area contributed by atoms with Gasteiger partial charge in [0.2, 0.25) is 5.95 Å². The molecular weight excluding hydrogens is 466 g/mol. The van der Waals surface area contributed by atoms with Crippen molar-refractivity contribution in [1.82, 2.24) is 15.3 Å². The van der Waals surface area contributed by atoms with Crippen molar-refractivity contribution in [2.45, 2.75) is 38.3 Å². The lowest BCUT2D eigenvalue weighted by Gasteiger charge is -2.25. The first-order valence-electron chi connectivity index (χ1n) is 11.6. The number of anilines is 2. The Kier molecular flexibility index (Phi) is 7.18. The summed E-state index contributed by atoms with van der Waals surface area (Å²) in [6.45, 7) is 1.36. The summed E-state index contributed by atoms with van der Waals surface area (Å²) in [6, 6.07) is 11.0. The number of fused-ring (bicyclic) bond motifs is 1. The second kappa shape index (κ2) is 10.5. The number of benzene rings is 2. The van der Waals surface area contributed by atoms with Gasteiger partial charge in [-0.15, -0.1) is 0 Å². The lowest BCUT2D eigenvalue weighted by molar-refractivity contribution is -0.140. The van der Waals surface area contributed by atoms with Gasteiger partial charge < -0.3 is 26.2 Å². The zero-order chi connectivity index (χ0) is 25.8. The molecule has 2 aromatic carbocycles. The molecule has 1 fully saturated rings. The Morgan fingerprint density at radius 1 is 1.14 bits per heavy atom. The number of aromatic nitrogens is 2. The predicted molar refractivity (Wildman–Crippen MR) is 133 cm³/mol. The highest BCUT2D eigenvalue weighted by Crippen LogP contribution is 2.32. The highest BCUT2D eigenvalue weighted by Gasteiger charge is 2.25. The zero-order valence-corrected chi connectivity index (χ0v) is 19.4. The van der Waals surface area contributed by atoms with E-state index in [-0.39, 0.29) is 29.9 Å². The first kappa shape index (κ1) is 24.7. The van der Waals surface area contributed by atoms with Crippen molar-refractivity contribution >= 4 is 40.4 Å². The summed E-state index contributed by atoms with van der Waals surface area (Å²) in [5.41, 5.74) is 7.92. The highest BCUT2D eigenvalue weighted by molar-refractivity contribution is 5.97. The monoisotopic (exact) mass is 493 g/mol. The van der Waals surface area contributed by atoms with Crippen molar-refractivity contribution in [1.29, 1.82) is 0 Å². The number of H-pyrrole nitrogens is 1. The van der Waals surface area contributed by atoms with Gasteiger partial charge >= 0.3 is 11.9 Å². The minimum absolute atomic E-state index is 0.0660. The number of hydrogen-bond acceptors (Lipinski definition) is 7. The molecular formula is C25H27N5O6. The highest BCUT2D eigenvalue weighted by atomic mass is 16.4. The average molecular weight is 494 g/mol. The number of carboxylic acids is 2. The van der Waals surface area contributed by atoms with Crippen LogP contribution in [0.25, 0.3) is 10.9 Å². The number of carbonyl (C=O) groups is 3. The zero-order valence-electron chi connectivity index (χ0n) is 19.4. The van der Waals surface area contributed by atoms with E-state index < -0.39 is 23.9 Å². The summed E-state index contributed by atoms with van der Waals surface area (Å²) >= 11 is 0. The Bertz CT molecular complexity index is 1350. The maximum absolute atomic E-state index is 12.6. The molecule has 1 aliphatic carbocycles. The number of aliphatic carboxylic acids is 2. The van der Waals surface area contributed by atoms with Gasteiger partial charge in [-0.2, -0.15) is 0 Å². The van der Waals surface area contributed by atoms with Gasteiger partial charge in [-0.3, -0.25) is 19.4 Å². The Morgan fingerprint density at radius 2 is 1.86 bits per heavy atom. The molecule has 188 valence electrons. The molecule has 1 saturated carbocycles. The topological polar surface area (TPSA) is 179 Å². The average Bonchev–Trinajstić information content (AvgIpc) is 3.65. The lowest BCUT2D eigenvalue weighted by Crippen LogP contribution is -2.41. The van der Waals surface area contributed by atoms with Crippen LogP contribution in [0.5, 0.6) is 0 Å². The van der Waals surface area contributed by atoms with Crippen LogP contribution < -0.4 is 21.5 Å². The number of nitrogens with zero attached hydrogens (tertiary/aromatic N) is 2. The molecule has 0 spiro atoms. The van der Waals surface area contributed by atoms with Crippen molar-refractivity contribution in [3.8, 4) is 0 Å². The quantitative estimate of drug-likeness (QED) is 0.267. The number of aromatic amines is 1. The third-order valence-electron chi connectivity index (χ3n) is 6.08. The van der Waals surface area contributed by atoms with Crippen molar-refractivity contribution < 1.29 is 24.6 Å². The van der Waals surface area contributed by atoms with E-state index in [9.17, 15) is 24.3 Å². The number of nitrogens with one attached hydrogen (secondary N) is 2. The molecule has 0 unspecified atom stereocenters. The first-order chi connectivity index (χ1) is 17.2. The van der Waals surface area contributed by atoms with Crippen molar-refractivity contribution in [2.75, 3.05) is 17.2 Å². The third kappa shape index (κ3) is 6.17. The predicted octanol–water partition coefficient (Wildman–Crippen LogP) is 1.97. The molecule has 36 heavy (non-hydrogen) atoms. The second-order valence-corrected chi connectivity index (χ2v) is 8.97. The maximum Gasteiger partial charge on any atom is 0.326 e. The van der Waals surface area contributed by atoms with Gasteiger partial charge in [0.25, 0.3) is 11.5 Å². The standard InChI is InChI=1S/C25H27N5O6/c26-25-28-19-8-3-15(11-18(19)23(34)29-25)13-30(12-14-1-2-14)17-6-4-16(5-7-17)22(33)27-20(24(35)36)9-10-21(31)32/h3-8,11,14,20H,1-2,9-10,12-13H2,(H,27,33)(H,31,32)(H,35,36)(H3,26,28,29,34)/t20-/m0/s1. The van der Waals surface area contributed by atoms with Gasteiger partial charge in [0.15, 0.2) is 0 Å². The molecule has 0 bridgehead atoms. The van der Waals surface area contributed by atoms with E-state index in [1.54, 1.807) is 36.4 Å². The van der Waals surface area contributed by atoms with Crippen molar-refractivity contribution in [3.05, 3.63) is 63.9 Å². The van der Waals surface area contributed by atoms with Crippen LogP contribution >= 0.6 is 0 Å². The van der Waals surface area contributed by atoms with Crippen LogP contribution in [0.2, 0.25) is 0 Å². The molecule has 1 aliphatic rings. The molecule has 3 aromatic rings. The fourth-order valence-electron chi connectivity index (χ4n) is 3.99. The van der Waals surface area contributed by atoms with Gasteiger partial charge in [-0.1, -0.05) is 6.07 Å². The number of hydrogen-bond donors (Lipinski definition) is 5. The summed E-state index contributed by atoms with van der Waals surface area (Å²) < 4.78 is 0. The van der Waals surface area contributed by atoms with Crippen LogP contribution in [0, 0.1) is 5.92 Å². The molecule has 11 nitrogen and oxygen atoms in total. The molecule has 0 radical (unpaired) electrons. The second-order valence-electron chi connectivity index (χ2n) is 8.97. The Hall–Kier alpha value is -4.41. The molecule has 1 heterocycles. The third-order valence-corrected chi connectivity index (χ3v) is 6.08. The Labute approximate surface area is 206 Å². The molecule has 1 atom stereocenters. The summed E-state index contributed by atoms with van der Waals surface area (Å²) in [5.74, 6) is -2.37. The Balaban J connectivity index is 1.50.